The Morgan fingerprint density at radius 3 is 2.35 bits per heavy atom. The minimum absolute atomic E-state index is 0.302. The van der Waals surface area contributed by atoms with Gasteiger partial charge in [0.25, 0.3) is 0 Å². The molecule has 0 aliphatic heterocycles. The Hall–Kier alpha value is -1.08. The Balaban J connectivity index is 2.06. The van der Waals surface area contributed by atoms with Crippen LogP contribution in [-0.4, -0.2) is 13.1 Å². The van der Waals surface area contributed by atoms with E-state index < -0.39 is 0 Å². The first-order valence-corrected chi connectivity index (χ1v) is 6.64. The summed E-state index contributed by atoms with van der Waals surface area (Å²) < 4.78 is 0. The molecule has 0 radical (unpaired) electrons. The highest BCUT2D eigenvalue weighted by Crippen LogP contribution is 2.36. The Bertz CT molecular complexity index is 356. The van der Waals surface area contributed by atoms with Gasteiger partial charge >= 0.3 is 0 Å². The van der Waals surface area contributed by atoms with E-state index >= 15 is 0 Å². The second-order valence-corrected chi connectivity index (χ2v) is 5.55. The molecule has 1 N–H and O–H groups in total. The van der Waals surface area contributed by atoms with Gasteiger partial charge in [-0.05, 0) is 30.9 Å². The van der Waals surface area contributed by atoms with Crippen molar-refractivity contribution in [1.29, 1.82) is 0 Å². The fraction of sp³-hybridized carbons (Fsp3) is 0.500. The predicted octanol–water partition coefficient (Wildman–Crippen LogP) is 3.52. The third-order valence-electron chi connectivity index (χ3n) is 3.59. The lowest BCUT2D eigenvalue weighted by Crippen LogP contribution is -2.37. The molecule has 1 aromatic carbocycles. The fourth-order valence-corrected chi connectivity index (χ4v) is 2.58. The van der Waals surface area contributed by atoms with E-state index in [1.54, 1.807) is 0 Å². The fourth-order valence-electron chi connectivity index (χ4n) is 2.58. The monoisotopic (exact) mass is 229 g/mol. The van der Waals surface area contributed by atoms with Crippen LogP contribution in [-0.2, 0) is 5.41 Å². The van der Waals surface area contributed by atoms with Crippen molar-refractivity contribution in [3.63, 3.8) is 0 Å². The Labute approximate surface area is 105 Å². The lowest BCUT2D eigenvalue weighted by molar-refractivity contribution is 0.402. The molecule has 0 heterocycles. The average Bonchev–Trinajstić information content (AvgIpc) is 2.80. The minimum atomic E-state index is 0.302. The van der Waals surface area contributed by atoms with Gasteiger partial charge in [0.2, 0.25) is 0 Å². The summed E-state index contributed by atoms with van der Waals surface area (Å²) in [6.07, 6.45) is 6.98. The number of nitrogens with one attached hydrogen (secondary N) is 1. The van der Waals surface area contributed by atoms with Crippen molar-refractivity contribution in [2.24, 2.45) is 5.92 Å². The maximum Gasteiger partial charge on any atom is 0.0146 e. The second-order valence-electron chi connectivity index (χ2n) is 5.55. The van der Waals surface area contributed by atoms with Crippen molar-refractivity contribution < 1.29 is 0 Å². The zero-order valence-electron chi connectivity index (χ0n) is 10.9. The van der Waals surface area contributed by atoms with E-state index in [0.717, 1.165) is 19.0 Å². The van der Waals surface area contributed by atoms with Crippen LogP contribution in [0.25, 0.3) is 0 Å². The van der Waals surface area contributed by atoms with Gasteiger partial charge in [-0.15, -0.1) is 0 Å². The smallest absolute Gasteiger partial charge is 0.0146 e. The van der Waals surface area contributed by atoms with E-state index in [0.29, 0.717) is 5.41 Å². The van der Waals surface area contributed by atoms with Crippen LogP contribution in [0.2, 0.25) is 0 Å². The summed E-state index contributed by atoms with van der Waals surface area (Å²) in [6, 6.07) is 10.9. The maximum absolute atomic E-state index is 3.63. The van der Waals surface area contributed by atoms with Crippen LogP contribution in [0.15, 0.2) is 42.5 Å². The van der Waals surface area contributed by atoms with Crippen LogP contribution in [0.4, 0.5) is 0 Å². The summed E-state index contributed by atoms with van der Waals surface area (Å²) >= 11 is 0. The first-order valence-electron chi connectivity index (χ1n) is 6.64. The summed E-state index contributed by atoms with van der Waals surface area (Å²) in [4.78, 5) is 0. The Kier molecular flexibility index (Phi) is 4.01. The minimum Gasteiger partial charge on any atom is -0.316 e. The number of hydrogen-bond acceptors (Lipinski definition) is 1. The van der Waals surface area contributed by atoms with Gasteiger partial charge in [-0.25, -0.2) is 0 Å². The molecule has 0 atom stereocenters. The maximum atomic E-state index is 3.63. The lowest BCUT2D eigenvalue weighted by atomic mass is 9.78. The van der Waals surface area contributed by atoms with E-state index in [1.807, 2.05) is 0 Å². The Morgan fingerprint density at radius 2 is 1.76 bits per heavy atom. The largest absolute Gasteiger partial charge is 0.316 e. The van der Waals surface area contributed by atoms with E-state index in [-0.39, 0.29) is 0 Å². The highest BCUT2D eigenvalue weighted by molar-refractivity contribution is 5.30. The van der Waals surface area contributed by atoms with Crippen molar-refractivity contribution >= 4 is 0 Å². The molecule has 17 heavy (non-hydrogen) atoms. The molecular weight excluding hydrogens is 206 g/mol. The molecule has 1 heteroatoms. The standard InChI is InChI=1S/C16H23N/c1-14(2)12-17-13-16(10-6-7-11-16)15-8-4-3-5-9-15/h3-9,14,17H,10-13H2,1-2H3. The third kappa shape index (κ3) is 2.98. The SMILES string of the molecule is CC(C)CNCC1(c2ccccc2)CC=CC1. The summed E-state index contributed by atoms with van der Waals surface area (Å²) in [7, 11) is 0. The van der Waals surface area contributed by atoms with Gasteiger partial charge in [-0.1, -0.05) is 56.3 Å². The third-order valence-corrected chi connectivity index (χ3v) is 3.59. The molecule has 0 saturated heterocycles. The summed E-state index contributed by atoms with van der Waals surface area (Å²) in [5.41, 5.74) is 1.78. The summed E-state index contributed by atoms with van der Waals surface area (Å²) in [6.45, 7) is 6.71. The highest BCUT2D eigenvalue weighted by Gasteiger charge is 2.32. The first kappa shape index (κ1) is 12.4. The normalized spacial score (nSPS) is 17.8. The van der Waals surface area contributed by atoms with Gasteiger partial charge in [0.15, 0.2) is 0 Å². The molecule has 0 bridgehead atoms. The molecule has 0 aromatic heterocycles. The molecule has 1 aliphatic carbocycles. The van der Waals surface area contributed by atoms with Crippen molar-refractivity contribution in [2.75, 3.05) is 13.1 Å². The quantitative estimate of drug-likeness (QED) is 0.762. The summed E-state index contributed by atoms with van der Waals surface area (Å²) in [5.74, 6) is 0.720. The van der Waals surface area contributed by atoms with E-state index in [4.69, 9.17) is 0 Å². The van der Waals surface area contributed by atoms with Crippen LogP contribution in [0.3, 0.4) is 0 Å². The van der Waals surface area contributed by atoms with Gasteiger partial charge in [0.1, 0.15) is 0 Å². The van der Waals surface area contributed by atoms with Crippen LogP contribution in [0, 0.1) is 5.92 Å². The van der Waals surface area contributed by atoms with E-state index in [2.05, 4.69) is 61.6 Å². The number of hydrogen-bond donors (Lipinski definition) is 1. The molecule has 92 valence electrons. The van der Waals surface area contributed by atoms with Crippen LogP contribution in [0.1, 0.15) is 32.3 Å². The molecule has 1 aromatic rings. The highest BCUT2D eigenvalue weighted by atomic mass is 14.9. The van der Waals surface area contributed by atoms with Crippen molar-refractivity contribution in [3.05, 3.63) is 48.0 Å². The predicted molar refractivity (Wildman–Crippen MR) is 74.2 cm³/mol. The molecule has 0 saturated carbocycles. The molecule has 2 rings (SSSR count). The molecule has 1 nitrogen and oxygen atoms in total. The lowest BCUT2D eigenvalue weighted by Gasteiger charge is -2.30. The zero-order chi connectivity index (χ0) is 12.1. The zero-order valence-corrected chi connectivity index (χ0v) is 10.9. The van der Waals surface area contributed by atoms with Crippen molar-refractivity contribution in [1.82, 2.24) is 5.32 Å². The second kappa shape index (κ2) is 5.50. The van der Waals surface area contributed by atoms with Gasteiger partial charge < -0.3 is 5.32 Å². The first-order chi connectivity index (χ1) is 8.23. The average molecular weight is 229 g/mol. The molecule has 0 amide bonds. The molecule has 0 fully saturated rings. The summed E-state index contributed by atoms with van der Waals surface area (Å²) in [5, 5.41) is 3.63. The van der Waals surface area contributed by atoms with Gasteiger partial charge in [-0.2, -0.15) is 0 Å². The van der Waals surface area contributed by atoms with Crippen LogP contribution >= 0.6 is 0 Å². The topological polar surface area (TPSA) is 12.0 Å². The van der Waals surface area contributed by atoms with Crippen molar-refractivity contribution in [2.45, 2.75) is 32.1 Å². The molecule has 0 spiro atoms. The number of rotatable bonds is 5. The van der Waals surface area contributed by atoms with Crippen LogP contribution < -0.4 is 5.32 Å². The van der Waals surface area contributed by atoms with Gasteiger partial charge in [0.05, 0.1) is 0 Å². The molecule has 0 unspecified atom stereocenters. The number of allylic oxidation sites excluding steroid dienone is 2. The molecule has 1 aliphatic rings. The van der Waals surface area contributed by atoms with Crippen molar-refractivity contribution in [3.8, 4) is 0 Å². The van der Waals surface area contributed by atoms with E-state index in [1.165, 1.54) is 18.4 Å². The van der Waals surface area contributed by atoms with E-state index in [9.17, 15) is 0 Å². The molecular formula is C16H23N. The Morgan fingerprint density at radius 1 is 1.12 bits per heavy atom. The van der Waals surface area contributed by atoms with Gasteiger partial charge in [-0.3, -0.25) is 0 Å². The van der Waals surface area contributed by atoms with Crippen LogP contribution in [0.5, 0.6) is 0 Å². The number of benzene rings is 1. The van der Waals surface area contributed by atoms with Gasteiger partial charge in [0, 0.05) is 12.0 Å².